The number of carboxylic acid groups (broad SMARTS) is 1. The largest absolute Gasteiger partial charge is 0.481 e. The summed E-state index contributed by atoms with van der Waals surface area (Å²) in [6.07, 6.45) is 5.99. The van der Waals surface area contributed by atoms with Gasteiger partial charge in [-0.1, -0.05) is 71.9 Å². The molecule has 354 valence electrons. The molecule has 8 heterocycles. The van der Waals surface area contributed by atoms with Crippen molar-refractivity contribution in [1.82, 2.24) is 5.32 Å². The highest BCUT2D eigenvalue weighted by Crippen LogP contribution is 2.57. The zero-order valence-corrected chi connectivity index (χ0v) is 38.4. The van der Waals surface area contributed by atoms with Crippen LogP contribution in [-0.2, 0) is 38.0 Å². The third kappa shape index (κ3) is 8.36. The molecule has 8 fully saturated rings. The molecular formula is C49H75NO13. The number of aliphatic carboxylic acids is 1. The number of hydrogen-bond donors (Lipinski definition) is 6. The van der Waals surface area contributed by atoms with Crippen molar-refractivity contribution < 1.29 is 63.5 Å². The maximum atomic E-state index is 12.5. The molecule has 0 amide bonds. The Morgan fingerprint density at radius 1 is 0.905 bits per heavy atom. The number of ether oxygens (including phenoxy) is 7. The highest BCUT2D eigenvalue weighted by molar-refractivity contribution is 5.67. The Labute approximate surface area is 373 Å². The van der Waals surface area contributed by atoms with Gasteiger partial charge < -0.3 is 64.0 Å². The molecule has 3 spiro atoms. The molecule has 1 unspecified atom stereocenters. The van der Waals surface area contributed by atoms with Crippen molar-refractivity contribution in [3.63, 3.8) is 0 Å². The number of carbonyl (C=O) groups is 1. The average molecular weight is 886 g/mol. The van der Waals surface area contributed by atoms with Gasteiger partial charge in [0.25, 0.3) is 0 Å². The van der Waals surface area contributed by atoms with Gasteiger partial charge in [0.1, 0.15) is 6.10 Å². The first-order valence-electron chi connectivity index (χ1n) is 24.2. The van der Waals surface area contributed by atoms with E-state index < -0.39 is 90.1 Å². The standard InChI is InChI=1S/C49H75NO13/c1-25-14-34(10-9-33(51)17-41(52)53)58-46(19-25)11-12-48(63-46)30(6)16-37-38(61-48)18-39(57-37)44(55)49(56)32(8)42(54)31(7)43(62-49)28(4)21-47-20-26(2)15-36(59-47)35-22-45(23-40(35)60-47)29(5)13-27(3)24-50-45/h9-10,14,26-27,29-40,42-44,50-51,54-56H,4,11-13,15-24H2,1-3,5-8H3,(H,52,53)/t26-,27+,29-,30+,31-,32+,33-,34+,35-,36+,37+,38+,39?,40+,42+,43+,44+,45+,46+,47+,48+,49+/m0/s1. The molecule has 2 bridgehead atoms. The number of aliphatic hydroxyl groups excluding tert-OH is 3. The fourth-order valence-corrected chi connectivity index (χ4v) is 13.9. The Balaban J connectivity index is 0.864. The van der Waals surface area contributed by atoms with E-state index in [0.29, 0.717) is 67.8 Å². The van der Waals surface area contributed by atoms with Crippen LogP contribution in [0.4, 0.5) is 0 Å². The Morgan fingerprint density at radius 2 is 1.67 bits per heavy atom. The fraction of sp³-hybridized carbons (Fsp3) is 0.857. The molecule has 1 saturated carbocycles. The maximum Gasteiger partial charge on any atom is 0.306 e. The Hall–Kier alpha value is -1.79. The molecule has 1 aliphatic carbocycles. The van der Waals surface area contributed by atoms with Crippen LogP contribution in [0, 0.1) is 41.4 Å². The molecule has 0 aromatic rings. The normalized spacial score (nSPS) is 52.8. The summed E-state index contributed by atoms with van der Waals surface area (Å²) < 4.78 is 47.4. The number of piperidine rings is 1. The summed E-state index contributed by atoms with van der Waals surface area (Å²) in [4.78, 5) is 11.1. The van der Waals surface area contributed by atoms with Crippen LogP contribution in [-0.4, -0.2) is 128 Å². The molecule has 9 aliphatic rings. The lowest BCUT2D eigenvalue weighted by atomic mass is 9.73. The molecule has 63 heavy (non-hydrogen) atoms. The van der Waals surface area contributed by atoms with Crippen LogP contribution < -0.4 is 5.32 Å². The summed E-state index contributed by atoms with van der Waals surface area (Å²) in [6, 6.07) is 0. The van der Waals surface area contributed by atoms with Crippen LogP contribution in [0.15, 0.2) is 36.0 Å². The van der Waals surface area contributed by atoms with Crippen LogP contribution in [0.3, 0.4) is 0 Å². The third-order valence-corrected chi connectivity index (χ3v) is 17.2. The first-order chi connectivity index (χ1) is 29.7. The molecule has 6 N–H and O–H groups in total. The lowest BCUT2D eigenvalue weighted by molar-refractivity contribution is -0.368. The molecule has 22 atom stereocenters. The van der Waals surface area contributed by atoms with Gasteiger partial charge in [0.2, 0.25) is 0 Å². The third-order valence-electron chi connectivity index (χ3n) is 17.2. The molecule has 8 aliphatic heterocycles. The lowest BCUT2D eigenvalue weighted by Gasteiger charge is -2.54. The predicted octanol–water partition coefficient (Wildman–Crippen LogP) is 5.25. The summed E-state index contributed by atoms with van der Waals surface area (Å²) in [5.74, 6) is -5.55. The van der Waals surface area contributed by atoms with Crippen LogP contribution in [0.1, 0.15) is 126 Å². The summed E-state index contributed by atoms with van der Waals surface area (Å²) >= 11 is 0. The van der Waals surface area contributed by atoms with E-state index in [1.54, 1.807) is 13.0 Å². The van der Waals surface area contributed by atoms with Gasteiger partial charge >= 0.3 is 5.97 Å². The van der Waals surface area contributed by atoms with Crippen molar-refractivity contribution in [2.24, 2.45) is 41.4 Å². The van der Waals surface area contributed by atoms with Crippen LogP contribution in [0.5, 0.6) is 0 Å². The zero-order chi connectivity index (χ0) is 45.0. The minimum absolute atomic E-state index is 0.0498. The van der Waals surface area contributed by atoms with E-state index in [1.165, 1.54) is 12.5 Å². The van der Waals surface area contributed by atoms with E-state index in [1.807, 2.05) is 19.9 Å². The van der Waals surface area contributed by atoms with Crippen molar-refractivity contribution >= 4 is 5.97 Å². The topological polar surface area (TPSA) is 195 Å². The number of fused-ring (bicyclic) bond motifs is 5. The molecule has 0 radical (unpaired) electrons. The second-order valence-corrected chi connectivity index (χ2v) is 22.2. The van der Waals surface area contributed by atoms with Crippen molar-refractivity contribution in [1.29, 1.82) is 0 Å². The quantitative estimate of drug-likeness (QED) is 0.164. The highest BCUT2D eigenvalue weighted by atomic mass is 16.8. The first kappa shape index (κ1) is 46.3. The number of nitrogens with one attached hydrogen (secondary N) is 1. The van der Waals surface area contributed by atoms with Crippen LogP contribution in [0.2, 0.25) is 0 Å². The predicted molar refractivity (Wildman–Crippen MR) is 230 cm³/mol. The summed E-state index contributed by atoms with van der Waals surface area (Å²) in [5, 5.41) is 59.5. The van der Waals surface area contributed by atoms with Gasteiger partial charge in [-0.15, -0.1) is 0 Å². The van der Waals surface area contributed by atoms with Crippen LogP contribution in [0.25, 0.3) is 0 Å². The molecule has 7 saturated heterocycles. The fourth-order valence-electron chi connectivity index (χ4n) is 13.9. The number of rotatable bonds is 9. The van der Waals surface area contributed by atoms with E-state index in [-0.39, 0.29) is 36.2 Å². The first-order valence-corrected chi connectivity index (χ1v) is 24.2. The van der Waals surface area contributed by atoms with Gasteiger partial charge in [-0.05, 0) is 68.9 Å². The summed E-state index contributed by atoms with van der Waals surface area (Å²) in [6.45, 7) is 20.2. The average Bonchev–Trinajstić information content (AvgIpc) is 3.89. The number of hydrogen-bond acceptors (Lipinski definition) is 13. The van der Waals surface area contributed by atoms with Gasteiger partial charge in [0.05, 0.1) is 61.4 Å². The highest BCUT2D eigenvalue weighted by Gasteiger charge is 2.65. The van der Waals surface area contributed by atoms with E-state index in [2.05, 4.69) is 39.6 Å². The van der Waals surface area contributed by atoms with Crippen molar-refractivity contribution in [3.8, 4) is 0 Å². The smallest absolute Gasteiger partial charge is 0.306 e. The minimum atomic E-state index is -2.16. The maximum absolute atomic E-state index is 12.5. The second-order valence-electron chi connectivity index (χ2n) is 22.2. The van der Waals surface area contributed by atoms with Crippen molar-refractivity contribution in [2.75, 3.05) is 6.54 Å². The Kier molecular flexibility index (Phi) is 12.3. The molecular weight excluding hydrogens is 811 g/mol. The number of aliphatic hydroxyl groups is 4. The second kappa shape index (κ2) is 16.8. The molecule has 0 aromatic heterocycles. The van der Waals surface area contributed by atoms with Gasteiger partial charge in [0.15, 0.2) is 23.1 Å². The van der Waals surface area contributed by atoms with E-state index in [0.717, 1.165) is 31.4 Å². The van der Waals surface area contributed by atoms with Gasteiger partial charge in [-0.25, -0.2) is 0 Å². The van der Waals surface area contributed by atoms with E-state index >= 15 is 0 Å². The van der Waals surface area contributed by atoms with Crippen molar-refractivity contribution in [2.45, 2.75) is 215 Å². The van der Waals surface area contributed by atoms with Crippen LogP contribution >= 0.6 is 0 Å². The van der Waals surface area contributed by atoms with E-state index in [4.69, 9.17) is 38.3 Å². The van der Waals surface area contributed by atoms with E-state index in [9.17, 15) is 25.2 Å². The lowest BCUT2D eigenvalue weighted by Crippen LogP contribution is -2.65. The molecule has 14 heteroatoms. The summed E-state index contributed by atoms with van der Waals surface area (Å²) in [7, 11) is 0. The molecule has 14 nitrogen and oxygen atoms in total. The molecule has 0 aromatic carbocycles. The van der Waals surface area contributed by atoms with Crippen molar-refractivity contribution in [3.05, 3.63) is 36.0 Å². The SMILES string of the molecule is C=C(C[C@]12C[C@@H](C)C[C@@H](O1)[C@@H]1C[C@]3(C[C@H]1O2)NC[C@H](C)C[C@@H]3C)[C@H]1O[C@@](O)([C@H](O)C2C[C@H]3O[C@@]4(CC[C@]5(CC(C)=C[C@@H](C=C[C@H](O)CC(=O)O)O5)O4)[C@H](C)C[C@H]3O2)[C@H](C)[C@H](O)[C@@H]1C. The minimum Gasteiger partial charge on any atom is -0.481 e. The van der Waals surface area contributed by atoms with Gasteiger partial charge in [-0.2, -0.15) is 0 Å². The van der Waals surface area contributed by atoms with Gasteiger partial charge in [0, 0.05) is 67.7 Å². The Bertz CT molecular complexity index is 1810. The number of carboxylic acids is 1. The zero-order valence-electron chi connectivity index (χ0n) is 38.4. The molecule has 9 rings (SSSR count). The summed E-state index contributed by atoms with van der Waals surface area (Å²) in [5.41, 5.74) is 1.76. The Morgan fingerprint density at radius 3 is 2.41 bits per heavy atom. The monoisotopic (exact) mass is 886 g/mol. The van der Waals surface area contributed by atoms with Gasteiger partial charge in [-0.3, -0.25) is 4.79 Å².